The molecule has 0 atom stereocenters. The first-order valence-electron chi connectivity index (χ1n) is 5.83. The average Bonchev–Trinajstić information content (AvgIpc) is 2.35. The van der Waals surface area contributed by atoms with Gasteiger partial charge < -0.3 is 16.6 Å². The zero-order valence-electron chi connectivity index (χ0n) is 10.8. The van der Waals surface area contributed by atoms with Gasteiger partial charge in [-0.15, -0.1) is 0 Å². The number of nitrogens with two attached hydrogens (primary N) is 2. The van der Waals surface area contributed by atoms with Crippen molar-refractivity contribution in [3.8, 4) is 0 Å². The van der Waals surface area contributed by atoms with E-state index < -0.39 is 29.2 Å². The molecule has 3 nitrogen and oxygen atoms in total. The lowest BCUT2D eigenvalue weighted by Crippen LogP contribution is -2.54. The second-order valence-electron chi connectivity index (χ2n) is 4.71. The number of halogens is 6. The molecule has 0 aromatic heterocycles. The van der Waals surface area contributed by atoms with Gasteiger partial charge in [0.05, 0.1) is 0 Å². The summed E-state index contributed by atoms with van der Waals surface area (Å²) in [5, 5.41) is 9.58. The summed E-state index contributed by atoms with van der Waals surface area (Å²) in [6.45, 7) is 0. The highest BCUT2D eigenvalue weighted by atomic mass is 19.4. The van der Waals surface area contributed by atoms with Crippen LogP contribution < -0.4 is 11.5 Å². The first-order valence-corrected chi connectivity index (χ1v) is 5.83. The molecule has 0 saturated heterocycles. The predicted octanol–water partition coefficient (Wildman–Crippen LogP) is 3.32. The van der Waals surface area contributed by atoms with E-state index in [1.54, 1.807) is 0 Å². The summed E-state index contributed by atoms with van der Waals surface area (Å²) in [6.07, 6.45) is -12.0. The van der Waals surface area contributed by atoms with E-state index in [4.69, 9.17) is 11.5 Å². The maximum absolute atomic E-state index is 12.9. The van der Waals surface area contributed by atoms with Gasteiger partial charge in [0, 0.05) is 22.3 Å². The van der Waals surface area contributed by atoms with Crippen LogP contribution in [-0.2, 0) is 5.60 Å². The van der Waals surface area contributed by atoms with E-state index in [2.05, 4.69) is 0 Å². The molecule has 0 heterocycles. The minimum absolute atomic E-state index is 0.0707. The normalized spacial score (nSPS) is 13.6. The Morgan fingerprint density at radius 2 is 1.36 bits per heavy atom. The van der Waals surface area contributed by atoms with Crippen molar-refractivity contribution < 1.29 is 31.4 Å². The highest BCUT2D eigenvalue weighted by molar-refractivity contribution is 5.96. The third kappa shape index (κ3) is 2.21. The first-order chi connectivity index (χ1) is 9.89. The molecule has 0 radical (unpaired) electrons. The Bertz CT molecular complexity index is 709. The van der Waals surface area contributed by atoms with Crippen LogP contribution in [0.4, 0.5) is 37.7 Å². The van der Waals surface area contributed by atoms with Crippen LogP contribution in [0.15, 0.2) is 30.3 Å². The maximum Gasteiger partial charge on any atom is 0.430 e. The molecule has 0 amide bonds. The lowest BCUT2D eigenvalue weighted by Gasteiger charge is -2.33. The summed E-state index contributed by atoms with van der Waals surface area (Å²) in [4.78, 5) is 0. The van der Waals surface area contributed by atoms with Gasteiger partial charge in [-0.05, 0) is 17.5 Å². The zero-order chi connectivity index (χ0) is 16.9. The Hall–Kier alpha value is -2.16. The van der Waals surface area contributed by atoms with Crippen molar-refractivity contribution in [3.05, 3.63) is 35.9 Å². The number of aliphatic hydroxyl groups is 1. The number of hydrogen-bond acceptors (Lipinski definition) is 3. The number of benzene rings is 2. The summed E-state index contributed by atoms with van der Waals surface area (Å²) >= 11 is 0. The lowest BCUT2D eigenvalue weighted by molar-refractivity contribution is -0.375. The number of anilines is 2. The molecule has 0 spiro atoms. The number of alkyl halides is 6. The molecule has 2 aromatic carbocycles. The van der Waals surface area contributed by atoms with E-state index in [-0.39, 0.29) is 16.5 Å². The van der Waals surface area contributed by atoms with Crippen LogP contribution in [0.3, 0.4) is 0 Å². The van der Waals surface area contributed by atoms with Crippen molar-refractivity contribution in [3.63, 3.8) is 0 Å². The largest absolute Gasteiger partial charge is 0.430 e. The lowest BCUT2D eigenvalue weighted by atomic mass is 9.88. The Morgan fingerprint density at radius 3 is 1.86 bits per heavy atom. The minimum Gasteiger partial charge on any atom is -0.399 e. The van der Waals surface area contributed by atoms with Crippen molar-refractivity contribution in [1.82, 2.24) is 0 Å². The fourth-order valence-corrected chi connectivity index (χ4v) is 2.15. The van der Waals surface area contributed by atoms with Crippen LogP contribution in [0, 0.1) is 0 Å². The van der Waals surface area contributed by atoms with Gasteiger partial charge >= 0.3 is 12.4 Å². The summed E-state index contributed by atoms with van der Waals surface area (Å²) < 4.78 is 77.3. The van der Waals surface area contributed by atoms with Crippen molar-refractivity contribution in [1.29, 1.82) is 0 Å². The molecule has 0 aliphatic carbocycles. The van der Waals surface area contributed by atoms with E-state index in [0.717, 1.165) is 6.07 Å². The summed E-state index contributed by atoms with van der Waals surface area (Å²) in [5.74, 6) is 0. The summed E-state index contributed by atoms with van der Waals surface area (Å²) in [5.41, 5.74) is 3.86. The molecule has 0 unspecified atom stereocenters. The second kappa shape index (κ2) is 4.67. The summed E-state index contributed by atoms with van der Waals surface area (Å²) in [7, 11) is 0. The second-order valence-corrected chi connectivity index (χ2v) is 4.71. The zero-order valence-corrected chi connectivity index (χ0v) is 10.8. The highest BCUT2D eigenvalue weighted by Gasteiger charge is 2.72. The molecule has 22 heavy (non-hydrogen) atoms. The molecule has 2 rings (SSSR count). The SMILES string of the molecule is Nc1ccc2c(N)c(C(O)(C(F)(F)F)C(F)(F)F)ccc2c1. The van der Waals surface area contributed by atoms with Crippen LogP contribution in [0.1, 0.15) is 5.56 Å². The van der Waals surface area contributed by atoms with E-state index >= 15 is 0 Å². The van der Waals surface area contributed by atoms with Gasteiger partial charge in [0.1, 0.15) is 0 Å². The molecule has 0 fully saturated rings. The number of nitrogen functional groups attached to an aromatic ring is 2. The standard InChI is InChI=1S/C13H10F6N2O/c14-12(15,16)11(22,13(17,18)19)9-4-1-6-5-7(20)2-3-8(6)10(9)21/h1-5,22H,20-21H2. The van der Waals surface area contributed by atoms with Crippen molar-refractivity contribution >= 4 is 22.1 Å². The smallest absolute Gasteiger partial charge is 0.399 e. The topological polar surface area (TPSA) is 72.3 Å². The van der Waals surface area contributed by atoms with Crippen LogP contribution in [0.2, 0.25) is 0 Å². The van der Waals surface area contributed by atoms with Gasteiger partial charge in [-0.2, -0.15) is 26.3 Å². The Morgan fingerprint density at radius 1 is 0.818 bits per heavy atom. The van der Waals surface area contributed by atoms with E-state index in [1.165, 1.54) is 18.2 Å². The van der Waals surface area contributed by atoms with Crippen LogP contribution >= 0.6 is 0 Å². The molecular formula is C13H10F6N2O. The first kappa shape index (κ1) is 16.2. The maximum atomic E-state index is 12.9. The molecular weight excluding hydrogens is 314 g/mol. The fraction of sp³-hybridized carbons (Fsp3) is 0.231. The Balaban J connectivity index is 2.82. The number of rotatable bonds is 1. The Kier molecular flexibility index (Phi) is 3.44. The summed E-state index contributed by atoms with van der Waals surface area (Å²) in [6, 6.07) is 5.30. The quantitative estimate of drug-likeness (QED) is 0.557. The molecule has 0 aliphatic heterocycles. The van der Waals surface area contributed by atoms with Gasteiger partial charge in [-0.25, -0.2) is 0 Å². The van der Waals surface area contributed by atoms with Crippen LogP contribution in [-0.4, -0.2) is 17.5 Å². The molecule has 0 saturated carbocycles. The Labute approximate surface area is 120 Å². The van der Waals surface area contributed by atoms with Gasteiger partial charge in [-0.3, -0.25) is 0 Å². The van der Waals surface area contributed by atoms with E-state index in [1.807, 2.05) is 0 Å². The monoisotopic (exact) mass is 324 g/mol. The molecule has 2 aromatic rings. The van der Waals surface area contributed by atoms with E-state index in [0.29, 0.717) is 6.07 Å². The third-order valence-electron chi connectivity index (χ3n) is 3.30. The molecule has 120 valence electrons. The van der Waals surface area contributed by atoms with Crippen molar-refractivity contribution in [2.75, 3.05) is 11.5 Å². The van der Waals surface area contributed by atoms with Crippen molar-refractivity contribution in [2.45, 2.75) is 18.0 Å². The van der Waals surface area contributed by atoms with Gasteiger partial charge in [0.2, 0.25) is 0 Å². The molecule has 5 N–H and O–H groups in total. The minimum atomic E-state index is -5.99. The number of hydrogen-bond donors (Lipinski definition) is 3. The van der Waals surface area contributed by atoms with Gasteiger partial charge in [0.25, 0.3) is 5.60 Å². The van der Waals surface area contributed by atoms with Crippen molar-refractivity contribution in [2.24, 2.45) is 0 Å². The third-order valence-corrected chi connectivity index (χ3v) is 3.30. The van der Waals surface area contributed by atoms with Gasteiger partial charge in [-0.1, -0.05) is 18.2 Å². The molecule has 0 bridgehead atoms. The molecule has 0 aliphatic rings. The highest BCUT2D eigenvalue weighted by Crippen LogP contribution is 2.52. The average molecular weight is 324 g/mol. The van der Waals surface area contributed by atoms with Gasteiger partial charge in [0.15, 0.2) is 0 Å². The van der Waals surface area contributed by atoms with Crippen LogP contribution in [0.5, 0.6) is 0 Å². The van der Waals surface area contributed by atoms with E-state index in [9.17, 15) is 31.4 Å². The number of fused-ring (bicyclic) bond motifs is 1. The fourth-order valence-electron chi connectivity index (χ4n) is 2.15. The molecule has 9 heteroatoms. The van der Waals surface area contributed by atoms with Crippen LogP contribution in [0.25, 0.3) is 10.8 Å². The predicted molar refractivity (Wildman–Crippen MR) is 68.8 cm³/mol.